The van der Waals surface area contributed by atoms with Crippen LogP contribution in [0.5, 0.6) is 5.75 Å². The second kappa shape index (κ2) is 11.1. The van der Waals surface area contributed by atoms with Crippen LogP contribution < -0.4 is 4.74 Å². The number of amides is 1. The molecule has 1 saturated carbocycles. The van der Waals surface area contributed by atoms with E-state index >= 15 is 0 Å². The van der Waals surface area contributed by atoms with Crippen LogP contribution >= 0.6 is 23.2 Å². The Hall–Kier alpha value is -1.75. The molecular weight excluding hydrogens is 479 g/mol. The third-order valence-electron chi connectivity index (χ3n) is 8.01. The Morgan fingerprint density at radius 1 is 1.17 bits per heavy atom. The number of likely N-dealkylation sites (tertiary alicyclic amines) is 1. The Balaban J connectivity index is 1.64. The van der Waals surface area contributed by atoms with Gasteiger partial charge in [-0.05, 0) is 86.5 Å². The van der Waals surface area contributed by atoms with Crippen molar-refractivity contribution in [2.75, 3.05) is 33.8 Å². The highest BCUT2D eigenvalue weighted by Crippen LogP contribution is 2.50. The summed E-state index contributed by atoms with van der Waals surface area (Å²) in [5.41, 5.74) is 2.33. The molecule has 35 heavy (non-hydrogen) atoms. The smallest absolute Gasteiger partial charge is 0.227 e. The van der Waals surface area contributed by atoms with Gasteiger partial charge in [-0.1, -0.05) is 55.2 Å². The van der Waals surface area contributed by atoms with E-state index in [-0.39, 0.29) is 17.4 Å². The number of fused-ring (bicyclic) bond motifs is 1. The lowest BCUT2D eigenvalue weighted by Gasteiger charge is -2.54. The molecule has 0 radical (unpaired) electrons. The fourth-order valence-electron chi connectivity index (χ4n) is 6.26. The van der Waals surface area contributed by atoms with Gasteiger partial charge in [0.05, 0.1) is 23.6 Å². The van der Waals surface area contributed by atoms with Crippen molar-refractivity contribution in [2.24, 2.45) is 11.8 Å². The van der Waals surface area contributed by atoms with Crippen LogP contribution in [0, 0.1) is 11.8 Å². The predicted octanol–water partition coefficient (Wildman–Crippen LogP) is 6.47. The summed E-state index contributed by atoms with van der Waals surface area (Å²) in [6.45, 7) is 7.33. The molecule has 2 aromatic carbocycles. The van der Waals surface area contributed by atoms with E-state index < -0.39 is 0 Å². The normalized spacial score (nSPS) is 24.8. The fraction of sp³-hybridized carbons (Fsp3) is 0.552. The zero-order valence-corrected chi connectivity index (χ0v) is 22.9. The van der Waals surface area contributed by atoms with Crippen LogP contribution in [0.25, 0.3) is 0 Å². The number of nitrogens with zero attached hydrogens (tertiary/aromatic N) is 2. The van der Waals surface area contributed by atoms with Crippen LogP contribution in [0.3, 0.4) is 0 Å². The first-order valence-electron chi connectivity index (χ1n) is 12.8. The quantitative estimate of drug-likeness (QED) is 0.422. The van der Waals surface area contributed by atoms with E-state index in [0.717, 1.165) is 56.6 Å². The molecule has 1 amide bonds. The zero-order valence-electron chi connectivity index (χ0n) is 21.4. The van der Waals surface area contributed by atoms with Gasteiger partial charge in [0.15, 0.2) is 0 Å². The highest BCUT2D eigenvalue weighted by molar-refractivity contribution is 6.42. The Bertz CT molecular complexity index is 1040. The highest BCUT2D eigenvalue weighted by atomic mass is 35.5. The minimum absolute atomic E-state index is 0.0586. The molecule has 190 valence electrons. The molecule has 6 heteroatoms. The van der Waals surface area contributed by atoms with Crippen LogP contribution in [0.15, 0.2) is 42.5 Å². The third-order valence-corrected chi connectivity index (χ3v) is 8.75. The molecule has 0 unspecified atom stereocenters. The summed E-state index contributed by atoms with van der Waals surface area (Å²) < 4.78 is 5.60. The number of ether oxygens (including phenoxy) is 1. The molecule has 1 heterocycles. The number of carbonyl (C=O) groups is 1. The standard InChI is InChI=1S/C29H38Cl2N2O2/c1-20(2)18-33(28(34)15-21-8-11-26(30)27(31)14-21)24-10-9-23-19-32(3)13-12-29(23,17-24)22-6-5-7-25(16-22)35-4/h5-8,11,14,16,20,23-24H,9-10,12-13,15,17-19H2,1-4H3/t23-,24-,29+/m1/s1. The number of hydrogen-bond donors (Lipinski definition) is 0. The van der Waals surface area contributed by atoms with Gasteiger partial charge in [0.1, 0.15) is 5.75 Å². The Morgan fingerprint density at radius 2 is 1.97 bits per heavy atom. The topological polar surface area (TPSA) is 32.8 Å². The van der Waals surface area contributed by atoms with Crippen LogP contribution in [-0.2, 0) is 16.6 Å². The minimum atomic E-state index is 0.0586. The fourth-order valence-corrected chi connectivity index (χ4v) is 6.58. The Morgan fingerprint density at radius 3 is 2.69 bits per heavy atom. The van der Waals surface area contributed by atoms with Gasteiger partial charge in [0.2, 0.25) is 5.91 Å². The molecule has 0 bridgehead atoms. The summed E-state index contributed by atoms with van der Waals surface area (Å²) >= 11 is 12.3. The highest BCUT2D eigenvalue weighted by Gasteiger charge is 2.49. The lowest BCUT2D eigenvalue weighted by Crippen LogP contribution is -2.56. The van der Waals surface area contributed by atoms with E-state index in [4.69, 9.17) is 27.9 Å². The van der Waals surface area contributed by atoms with Gasteiger partial charge in [-0.15, -0.1) is 0 Å². The molecule has 1 aliphatic heterocycles. The number of piperidine rings is 1. The van der Waals surface area contributed by atoms with Gasteiger partial charge < -0.3 is 14.5 Å². The number of halogens is 2. The van der Waals surface area contributed by atoms with E-state index in [1.54, 1.807) is 13.2 Å². The average Bonchev–Trinajstić information content (AvgIpc) is 2.84. The zero-order chi connectivity index (χ0) is 25.2. The first-order chi connectivity index (χ1) is 16.7. The van der Waals surface area contributed by atoms with Gasteiger partial charge in [-0.3, -0.25) is 4.79 Å². The van der Waals surface area contributed by atoms with Gasteiger partial charge in [-0.2, -0.15) is 0 Å². The van der Waals surface area contributed by atoms with Crippen molar-refractivity contribution in [2.45, 2.75) is 57.4 Å². The van der Waals surface area contributed by atoms with Crippen LogP contribution in [0.2, 0.25) is 10.0 Å². The number of benzene rings is 2. The molecule has 2 aromatic rings. The van der Waals surface area contributed by atoms with Gasteiger partial charge in [-0.25, -0.2) is 0 Å². The van der Waals surface area contributed by atoms with E-state index in [1.807, 2.05) is 18.2 Å². The molecule has 2 fully saturated rings. The summed E-state index contributed by atoms with van der Waals surface area (Å²) in [4.78, 5) is 18.4. The molecule has 1 aliphatic carbocycles. The van der Waals surface area contributed by atoms with Crippen molar-refractivity contribution in [3.8, 4) is 5.75 Å². The lowest BCUT2D eigenvalue weighted by molar-refractivity contribution is -0.135. The molecule has 1 saturated heterocycles. The summed E-state index contributed by atoms with van der Waals surface area (Å²) in [5.74, 6) is 2.06. The number of rotatable bonds is 7. The largest absolute Gasteiger partial charge is 0.497 e. The van der Waals surface area contributed by atoms with Crippen LogP contribution in [0.4, 0.5) is 0 Å². The number of hydrogen-bond acceptors (Lipinski definition) is 3. The second-order valence-corrected chi connectivity index (χ2v) is 11.7. The molecule has 3 atom stereocenters. The van der Waals surface area contributed by atoms with Gasteiger partial charge in [0.25, 0.3) is 0 Å². The molecular formula is C29H38Cl2N2O2. The van der Waals surface area contributed by atoms with E-state index in [0.29, 0.717) is 28.3 Å². The molecule has 0 aromatic heterocycles. The molecule has 4 nitrogen and oxygen atoms in total. The summed E-state index contributed by atoms with van der Waals surface area (Å²) in [6.07, 6.45) is 4.62. The molecule has 0 spiro atoms. The van der Waals surface area contributed by atoms with Gasteiger partial charge >= 0.3 is 0 Å². The predicted molar refractivity (Wildman–Crippen MR) is 145 cm³/mol. The first kappa shape index (κ1) is 26.3. The summed E-state index contributed by atoms with van der Waals surface area (Å²) in [5, 5.41) is 1.01. The third kappa shape index (κ3) is 5.81. The molecule has 0 N–H and O–H groups in total. The lowest BCUT2D eigenvalue weighted by atomic mass is 9.57. The first-order valence-corrected chi connectivity index (χ1v) is 13.5. The number of carbonyl (C=O) groups excluding carboxylic acids is 1. The monoisotopic (exact) mass is 516 g/mol. The van der Waals surface area contributed by atoms with Crippen molar-refractivity contribution in [3.05, 3.63) is 63.6 Å². The minimum Gasteiger partial charge on any atom is -0.497 e. The van der Waals surface area contributed by atoms with E-state index in [1.165, 1.54) is 5.56 Å². The van der Waals surface area contributed by atoms with E-state index in [2.05, 4.69) is 48.9 Å². The van der Waals surface area contributed by atoms with Crippen molar-refractivity contribution in [1.82, 2.24) is 9.80 Å². The van der Waals surface area contributed by atoms with Crippen molar-refractivity contribution < 1.29 is 9.53 Å². The number of methoxy groups -OCH3 is 1. The van der Waals surface area contributed by atoms with Crippen molar-refractivity contribution in [1.29, 1.82) is 0 Å². The SMILES string of the molecule is COc1cccc([C@@]23CCN(C)C[C@H]2CC[C@@H](N(CC(C)C)C(=O)Cc2ccc(Cl)c(Cl)c2)C3)c1. The summed E-state index contributed by atoms with van der Waals surface area (Å²) in [6, 6.07) is 14.4. The maximum absolute atomic E-state index is 13.7. The van der Waals surface area contributed by atoms with E-state index in [9.17, 15) is 4.79 Å². The van der Waals surface area contributed by atoms with Crippen molar-refractivity contribution in [3.63, 3.8) is 0 Å². The average molecular weight is 518 g/mol. The maximum Gasteiger partial charge on any atom is 0.227 e. The van der Waals surface area contributed by atoms with Crippen LogP contribution in [-0.4, -0.2) is 55.5 Å². The van der Waals surface area contributed by atoms with Gasteiger partial charge in [0, 0.05) is 24.5 Å². The Labute approximate surface area is 220 Å². The van der Waals surface area contributed by atoms with Crippen LogP contribution in [0.1, 0.15) is 50.7 Å². The summed E-state index contributed by atoms with van der Waals surface area (Å²) in [7, 11) is 3.96. The maximum atomic E-state index is 13.7. The van der Waals surface area contributed by atoms with Crippen molar-refractivity contribution >= 4 is 29.1 Å². The Kier molecular flexibility index (Phi) is 8.35. The second-order valence-electron chi connectivity index (χ2n) is 10.9. The molecule has 4 rings (SSSR count). The molecule has 2 aliphatic rings.